The monoisotopic (exact) mass is 749 g/mol. The molecule has 0 bridgehead atoms. The van der Waals surface area contributed by atoms with Gasteiger partial charge in [-0.1, -0.05) is 66.7 Å². The minimum atomic E-state index is -5.19. The lowest BCUT2D eigenvalue weighted by atomic mass is 9.58. The normalized spacial score (nSPS) is 22.3. The van der Waals surface area contributed by atoms with Gasteiger partial charge in [0, 0.05) is 12.5 Å². The Labute approximate surface area is 306 Å². The van der Waals surface area contributed by atoms with Crippen LogP contribution in [0.3, 0.4) is 0 Å². The lowest BCUT2D eigenvalue weighted by Gasteiger charge is -2.43. The van der Waals surface area contributed by atoms with E-state index in [1.54, 1.807) is 6.07 Å². The number of phenols is 1. The van der Waals surface area contributed by atoms with E-state index in [0.29, 0.717) is 46.4 Å². The second-order valence-electron chi connectivity index (χ2n) is 13.8. The Morgan fingerprint density at radius 3 is 2.19 bits per heavy atom. The molecule has 4 atom stereocenters. The molecule has 0 saturated carbocycles. The van der Waals surface area contributed by atoms with Crippen LogP contribution in [0, 0.1) is 17.8 Å². The van der Waals surface area contributed by atoms with Gasteiger partial charge in [0.25, 0.3) is 0 Å². The van der Waals surface area contributed by atoms with E-state index >= 15 is 0 Å². The molecule has 4 aromatic rings. The first-order valence-corrected chi connectivity index (χ1v) is 17.3. The molecule has 0 radical (unpaired) electrons. The van der Waals surface area contributed by atoms with Gasteiger partial charge in [-0.3, -0.25) is 9.59 Å². The zero-order valence-corrected chi connectivity index (χ0v) is 28.8. The summed E-state index contributed by atoms with van der Waals surface area (Å²) in [5.74, 6) is -4.78. The molecule has 7 nitrogen and oxygen atoms in total. The van der Waals surface area contributed by atoms with E-state index in [1.165, 1.54) is 7.11 Å². The fourth-order valence-electron chi connectivity index (χ4n) is 8.25. The van der Waals surface area contributed by atoms with E-state index in [1.807, 2.05) is 66.7 Å². The third-order valence-corrected chi connectivity index (χ3v) is 10.5. The Bertz CT molecular complexity index is 2140. The first-order chi connectivity index (χ1) is 25.7. The number of methoxy groups -OCH3 is 1. The van der Waals surface area contributed by atoms with Crippen molar-refractivity contribution in [2.24, 2.45) is 17.8 Å². The highest BCUT2D eigenvalue weighted by molar-refractivity contribution is 6.43. The molecular formula is C40H34BF6NO6. The van der Waals surface area contributed by atoms with Gasteiger partial charge in [0.15, 0.2) is 0 Å². The first-order valence-electron chi connectivity index (χ1n) is 17.3. The van der Waals surface area contributed by atoms with Crippen molar-refractivity contribution < 1.29 is 55.5 Å². The molecular weight excluding hydrogens is 715 g/mol. The van der Waals surface area contributed by atoms with E-state index in [4.69, 9.17) is 9.39 Å². The molecule has 2 saturated heterocycles. The molecule has 0 aromatic heterocycles. The van der Waals surface area contributed by atoms with Crippen molar-refractivity contribution in [1.82, 2.24) is 0 Å². The number of hydrogen-bond donors (Lipinski definition) is 2. The number of benzene rings is 4. The summed E-state index contributed by atoms with van der Waals surface area (Å²) in [5, 5.41) is 23.0. The molecule has 3 aliphatic rings. The van der Waals surface area contributed by atoms with E-state index in [-0.39, 0.29) is 31.2 Å². The molecule has 2 amide bonds. The summed E-state index contributed by atoms with van der Waals surface area (Å²) in [5.41, 5.74) is -0.201. The first kappa shape index (κ1) is 37.4. The number of carbonyl (C=O) groups is 2. The largest absolute Gasteiger partial charge is 0.507 e. The Morgan fingerprint density at radius 1 is 0.889 bits per heavy atom. The van der Waals surface area contributed by atoms with E-state index in [9.17, 15) is 46.1 Å². The summed E-state index contributed by atoms with van der Waals surface area (Å²) in [6.07, 6.45) is -8.57. The molecule has 2 N–H and O–H groups in total. The van der Waals surface area contributed by atoms with Crippen molar-refractivity contribution in [3.63, 3.8) is 0 Å². The summed E-state index contributed by atoms with van der Waals surface area (Å²) >= 11 is 0. The van der Waals surface area contributed by atoms with Crippen LogP contribution in [0.5, 0.6) is 5.75 Å². The van der Waals surface area contributed by atoms with Crippen LogP contribution >= 0.6 is 0 Å². The molecule has 14 heteroatoms. The standard InChI is InChI=1S/C40H34BF6NO6/c1-53-21-25-16-31-36(38(51)48(37(31)50)28-18-26(39(42,43)44)17-27(19-28)40(45,46)47)32-20-41(52)54-34(35(25)32)14-12-23(22-7-3-2-4-8-22)15-24-11-13-33(49)30-10-6-5-9-29(24)30/h2-11,13,15,17-19,31-32,34,36,49,52H,12,14,16,20-21H2,1H3/b23-15-/t31-,32+,34-,36-/m1/s1. The van der Waals surface area contributed by atoms with Crippen LogP contribution < -0.4 is 4.90 Å². The molecule has 54 heavy (non-hydrogen) atoms. The number of phenolic OH excluding ortho intramolecular Hbond substituents is 1. The predicted molar refractivity (Wildman–Crippen MR) is 190 cm³/mol. The molecule has 7 rings (SSSR count). The fourth-order valence-corrected chi connectivity index (χ4v) is 8.25. The van der Waals surface area contributed by atoms with Crippen molar-refractivity contribution in [2.75, 3.05) is 18.6 Å². The van der Waals surface area contributed by atoms with E-state index < -0.39 is 72.0 Å². The van der Waals surface area contributed by atoms with Gasteiger partial charge in [-0.2, -0.15) is 26.3 Å². The Balaban J connectivity index is 1.24. The lowest BCUT2D eigenvalue weighted by molar-refractivity contribution is -0.143. The number of aromatic hydroxyl groups is 1. The average Bonchev–Trinajstić information content (AvgIpc) is 3.39. The number of ether oxygens (including phenoxy) is 1. The summed E-state index contributed by atoms with van der Waals surface area (Å²) < 4.78 is 94.2. The average molecular weight is 750 g/mol. The van der Waals surface area contributed by atoms with Crippen LogP contribution in [0.15, 0.2) is 96.1 Å². The fraction of sp³-hybridized carbons (Fsp3) is 0.300. The van der Waals surface area contributed by atoms with E-state index in [2.05, 4.69) is 0 Å². The zero-order valence-electron chi connectivity index (χ0n) is 28.8. The summed E-state index contributed by atoms with van der Waals surface area (Å²) in [4.78, 5) is 28.4. The Hall–Kier alpha value is -4.92. The number of nitrogens with zero attached hydrogens (tertiary/aromatic N) is 1. The molecule has 4 aromatic carbocycles. The van der Waals surface area contributed by atoms with Gasteiger partial charge >= 0.3 is 19.5 Å². The van der Waals surface area contributed by atoms with Crippen molar-refractivity contribution >= 4 is 47.0 Å². The number of allylic oxidation sites excluding steroid dienone is 1. The van der Waals surface area contributed by atoms with Crippen LogP contribution in [0.2, 0.25) is 6.32 Å². The zero-order chi connectivity index (χ0) is 38.5. The third-order valence-electron chi connectivity index (χ3n) is 10.5. The second-order valence-corrected chi connectivity index (χ2v) is 13.8. The minimum absolute atomic E-state index is 0.0230. The maximum Gasteiger partial charge on any atom is 0.455 e. The molecule has 280 valence electrons. The number of carbonyl (C=O) groups excluding carboxylic acids is 2. The lowest BCUT2D eigenvalue weighted by Crippen LogP contribution is -2.46. The van der Waals surface area contributed by atoms with Crippen LogP contribution in [0.4, 0.5) is 32.0 Å². The molecule has 0 unspecified atom stereocenters. The number of rotatable bonds is 8. The Kier molecular flexibility index (Phi) is 9.96. The predicted octanol–water partition coefficient (Wildman–Crippen LogP) is 8.55. The SMILES string of the molecule is COCC1=C2[C@@H](CC/C(=C/c3ccc(O)c4ccccc34)c3ccccc3)OB(O)C[C@@H]2[C@@H]2C(=O)N(c3cc(C(F)(F)F)cc(C(F)(F)F)c3)C(=O)[C@@H]2C1. The number of anilines is 1. The summed E-state index contributed by atoms with van der Waals surface area (Å²) in [6, 6.07) is 21.1. The third kappa shape index (κ3) is 7.05. The minimum Gasteiger partial charge on any atom is -0.507 e. The quantitative estimate of drug-likeness (QED) is 0.0617. The topological polar surface area (TPSA) is 96.3 Å². The molecule has 2 fully saturated rings. The smallest absolute Gasteiger partial charge is 0.455 e. The highest BCUT2D eigenvalue weighted by Crippen LogP contribution is 2.52. The van der Waals surface area contributed by atoms with Gasteiger partial charge in [0.1, 0.15) is 5.75 Å². The van der Waals surface area contributed by atoms with Crippen molar-refractivity contribution in [3.8, 4) is 5.75 Å². The van der Waals surface area contributed by atoms with E-state index in [0.717, 1.165) is 22.1 Å². The number of halogens is 6. The van der Waals surface area contributed by atoms with Crippen molar-refractivity contribution in [2.45, 2.75) is 44.0 Å². The number of hydrogen-bond acceptors (Lipinski definition) is 6. The molecule has 2 aliphatic heterocycles. The van der Waals surface area contributed by atoms with Crippen molar-refractivity contribution in [3.05, 3.63) is 118 Å². The molecule has 1 aliphatic carbocycles. The maximum absolute atomic E-state index is 14.1. The number of alkyl halides is 6. The summed E-state index contributed by atoms with van der Waals surface area (Å²) in [6.45, 7) is 0.0230. The Morgan fingerprint density at radius 2 is 1.54 bits per heavy atom. The van der Waals surface area contributed by atoms with Gasteiger partial charge in [-0.05, 0) is 89.0 Å². The van der Waals surface area contributed by atoms with Crippen LogP contribution in [0.25, 0.3) is 22.4 Å². The van der Waals surface area contributed by atoms with Crippen LogP contribution in [-0.2, 0) is 31.3 Å². The van der Waals surface area contributed by atoms with Gasteiger partial charge in [-0.25, -0.2) is 4.90 Å². The maximum atomic E-state index is 14.1. The van der Waals surface area contributed by atoms with Gasteiger partial charge < -0.3 is 19.5 Å². The van der Waals surface area contributed by atoms with Gasteiger partial charge in [-0.15, -0.1) is 0 Å². The van der Waals surface area contributed by atoms with Gasteiger partial charge in [0.2, 0.25) is 11.8 Å². The molecule has 2 heterocycles. The van der Waals surface area contributed by atoms with Crippen LogP contribution in [-0.4, -0.2) is 48.9 Å². The highest BCUT2D eigenvalue weighted by Gasteiger charge is 2.58. The number of fused-ring (bicyclic) bond motifs is 4. The van der Waals surface area contributed by atoms with Gasteiger partial charge in [0.05, 0.1) is 41.4 Å². The van der Waals surface area contributed by atoms with Crippen LogP contribution in [0.1, 0.15) is 41.5 Å². The highest BCUT2D eigenvalue weighted by atomic mass is 19.4. The number of amides is 2. The molecule has 0 spiro atoms. The second kappa shape index (κ2) is 14.4. The number of imide groups is 1. The summed E-state index contributed by atoms with van der Waals surface area (Å²) in [7, 11) is 0.0640. The van der Waals surface area contributed by atoms with Crippen molar-refractivity contribution in [1.29, 1.82) is 0 Å².